The van der Waals surface area contributed by atoms with E-state index in [9.17, 15) is 29.4 Å². The van der Waals surface area contributed by atoms with E-state index in [0.717, 1.165) is 4.90 Å². The van der Waals surface area contributed by atoms with Crippen LogP contribution in [-0.2, 0) is 21.7 Å². The zero-order valence-corrected chi connectivity index (χ0v) is 14.5. The number of carbonyl (C=O) groups is 3. The smallest absolute Gasteiger partial charge is 0.358 e. The Kier molecular flexibility index (Phi) is 4.21. The van der Waals surface area contributed by atoms with Gasteiger partial charge in [-0.3, -0.25) is 19.0 Å². The maximum absolute atomic E-state index is 12.5. The fourth-order valence-electron chi connectivity index (χ4n) is 3.72. The highest BCUT2D eigenvalue weighted by molar-refractivity contribution is 6.35. The van der Waals surface area contributed by atoms with Crippen LogP contribution in [0, 0.1) is 5.92 Å². The van der Waals surface area contributed by atoms with Crippen LogP contribution in [0.2, 0.25) is 0 Å². The highest BCUT2D eigenvalue weighted by atomic mass is 16.4. The molecule has 0 aromatic carbocycles. The summed E-state index contributed by atoms with van der Waals surface area (Å²) in [6, 6.07) is 0. The molecule has 1 aromatic heterocycles. The van der Waals surface area contributed by atoms with Gasteiger partial charge in [0.1, 0.15) is 5.82 Å². The number of likely N-dealkylation sites (N-methyl/N-ethyl adjacent to an activating group) is 1. The number of aromatic nitrogens is 2. The Hall–Kier alpha value is -2.91. The minimum atomic E-state index is -1.53. The summed E-state index contributed by atoms with van der Waals surface area (Å²) in [6.07, 6.45) is 2.23. The van der Waals surface area contributed by atoms with Gasteiger partial charge in [-0.25, -0.2) is 9.78 Å². The quantitative estimate of drug-likeness (QED) is 0.586. The Morgan fingerprint density at radius 2 is 1.88 bits per heavy atom. The Morgan fingerprint density at radius 3 is 2.42 bits per heavy atom. The normalized spacial score (nSPS) is 23.7. The van der Waals surface area contributed by atoms with Crippen molar-refractivity contribution in [3.8, 4) is 5.75 Å². The summed E-state index contributed by atoms with van der Waals surface area (Å²) >= 11 is 0. The molecular weight excluding hydrogens is 344 g/mol. The third-order valence-corrected chi connectivity index (χ3v) is 5.13. The number of carboxylic acid groups (broad SMARTS) is 1. The molecule has 3 heterocycles. The van der Waals surface area contributed by atoms with Crippen molar-refractivity contribution >= 4 is 17.8 Å². The molecule has 0 atom stereocenters. The fourth-order valence-corrected chi connectivity index (χ4v) is 3.72. The molecule has 3 aliphatic rings. The number of nitrogens with zero attached hydrogens (tertiary/aromatic N) is 3. The third-order valence-electron chi connectivity index (χ3n) is 5.13. The van der Waals surface area contributed by atoms with E-state index in [-0.39, 0.29) is 18.3 Å². The molecule has 3 N–H and O–H groups in total. The third kappa shape index (κ3) is 2.71. The minimum Gasteiger partial charge on any atom is -0.501 e. The van der Waals surface area contributed by atoms with Gasteiger partial charge in [-0.1, -0.05) is 0 Å². The number of fused-ring (bicyclic) bond motifs is 2. The molecule has 2 amide bonds. The SMILES string of the molecule is CN(C)C(=O)C(=O)NC12CCC(CC1)Cn1c2nc(C(=O)O)c(O)c1=O. The Balaban J connectivity index is 2.16. The van der Waals surface area contributed by atoms with E-state index < -0.39 is 40.3 Å². The van der Waals surface area contributed by atoms with Crippen LogP contribution in [0.15, 0.2) is 4.79 Å². The predicted molar refractivity (Wildman–Crippen MR) is 87.6 cm³/mol. The fraction of sp³-hybridized carbons (Fsp3) is 0.562. The largest absolute Gasteiger partial charge is 0.501 e. The number of hydrogen-bond donors (Lipinski definition) is 3. The van der Waals surface area contributed by atoms with Crippen LogP contribution in [0.5, 0.6) is 5.75 Å². The number of nitrogens with one attached hydrogen (secondary N) is 1. The van der Waals surface area contributed by atoms with E-state index in [1.807, 2.05) is 0 Å². The second-order valence-corrected chi connectivity index (χ2v) is 7.03. The van der Waals surface area contributed by atoms with E-state index >= 15 is 0 Å². The second-order valence-electron chi connectivity index (χ2n) is 7.03. The van der Waals surface area contributed by atoms with Crippen molar-refractivity contribution < 1.29 is 24.6 Å². The lowest BCUT2D eigenvalue weighted by molar-refractivity contribution is -0.145. The maximum atomic E-state index is 12.5. The minimum absolute atomic E-state index is 0.0811. The van der Waals surface area contributed by atoms with Gasteiger partial charge in [-0.2, -0.15) is 0 Å². The first-order valence-electron chi connectivity index (χ1n) is 8.27. The van der Waals surface area contributed by atoms with Crippen LogP contribution < -0.4 is 10.9 Å². The van der Waals surface area contributed by atoms with Crippen molar-refractivity contribution in [2.24, 2.45) is 5.92 Å². The molecular formula is C16H20N4O6. The highest BCUT2D eigenvalue weighted by Crippen LogP contribution is 2.42. The molecule has 10 nitrogen and oxygen atoms in total. The summed E-state index contributed by atoms with van der Waals surface area (Å²) in [4.78, 5) is 53.3. The summed E-state index contributed by atoms with van der Waals surface area (Å²) < 4.78 is 1.23. The zero-order chi connectivity index (χ0) is 19.2. The number of rotatable bonds is 2. The van der Waals surface area contributed by atoms with Gasteiger partial charge in [0.15, 0.2) is 5.69 Å². The summed E-state index contributed by atoms with van der Waals surface area (Å²) in [5.74, 6) is -3.82. The predicted octanol–water partition coefficient (Wildman–Crippen LogP) is -0.749. The number of carbonyl (C=O) groups excluding carboxylic acids is 2. The lowest BCUT2D eigenvalue weighted by atomic mass is 9.77. The molecule has 0 unspecified atom stereocenters. The van der Waals surface area contributed by atoms with E-state index in [1.165, 1.54) is 18.7 Å². The highest BCUT2D eigenvalue weighted by Gasteiger charge is 2.46. The van der Waals surface area contributed by atoms with Gasteiger partial charge in [-0.05, 0) is 31.6 Å². The van der Waals surface area contributed by atoms with Gasteiger partial charge < -0.3 is 20.4 Å². The molecule has 10 heteroatoms. The molecule has 1 saturated carbocycles. The van der Waals surface area contributed by atoms with Crippen molar-refractivity contribution in [2.45, 2.75) is 37.8 Å². The Labute approximate surface area is 148 Å². The average molecular weight is 364 g/mol. The number of amides is 2. The van der Waals surface area contributed by atoms with Crippen LogP contribution in [0.4, 0.5) is 0 Å². The van der Waals surface area contributed by atoms with Crippen LogP contribution >= 0.6 is 0 Å². The van der Waals surface area contributed by atoms with Crippen molar-refractivity contribution in [1.82, 2.24) is 19.8 Å². The van der Waals surface area contributed by atoms with Crippen molar-refractivity contribution in [2.75, 3.05) is 14.1 Å². The summed E-state index contributed by atoms with van der Waals surface area (Å²) in [5, 5.41) is 21.8. The van der Waals surface area contributed by atoms with Crippen LogP contribution in [0.25, 0.3) is 0 Å². The number of carboxylic acids is 1. The molecule has 1 fully saturated rings. The molecule has 140 valence electrons. The molecule has 26 heavy (non-hydrogen) atoms. The topological polar surface area (TPSA) is 142 Å². The van der Waals surface area contributed by atoms with E-state index in [2.05, 4.69) is 10.3 Å². The van der Waals surface area contributed by atoms with Gasteiger partial charge in [0.2, 0.25) is 5.75 Å². The van der Waals surface area contributed by atoms with E-state index in [1.54, 1.807) is 0 Å². The first-order chi connectivity index (χ1) is 12.2. The van der Waals surface area contributed by atoms with Crippen LogP contribution in [0.1, 0.15) is 42.0 Å². The molecule has 1 aromatic rings. The van der Waals surface area contributed by atoms with Crippen molar-refractivity contribution in [3.05, 3.63) is 21.9 Å². The zero-order valence-electron chi connectivity index (χ0n) is 14.5. The van der Waals surface area contributed by atoms with Crippen molar-refractivity contribution in [1.29, 1.82) is 0 Å². The number of hydrogen-bond acceptors (Lipinski definition) is 6. The molecule has 0 spiro atoms. The van der Waals surface area contributed by atoms with Gasteiger partial charge in [0.05, 0.1) is 5.54 Å². The standard InChI is InChI=1S/C16H20N4O6/c1-19(2)13(24)11(22)18-16-5-3-8(4-6-16)7-20-12(23)10(21)9(14(25)26)17-15(16)20/h8,21H,3-7H2,1-2H3,(H,18,22)(H,25,26). The number of aromatic carboxylic acids is 1. The first-order valence-corrected chi connectivity index (χ1v) is 8.27. The van der Waals surface area contributed by atoms with E-state index in [0.29, 0.717) is 25.7 Å². The lowest BCUT2D eigenvalue weighted by Gasteiger charge is -2.37. The van der Waals surface area contributed by atoms with Gasteiger partial charge in [-0.15, -0.1) is 0 Å². The first kappa shape index (κ1) is 17.9. The Bertz CT molecular complexity index is 851. The van der Waals surface area contributed by atoms with Crippen molar-refractivity contribution in [3.63, 3.8) is 0 Å². The summed E-state index contributed by atoms with van der Waals surface area (Å²) in [5.41, 5.74) is -2.72. The number of aromatic hydroxyl groups is 1. The molecule has 0 saturated heterocycles. The van der Waals surface area contributed by atoms with Crippen LogP contribution in [-0.4, -0.2) is 56.5 Å². The molecule has 2 bridgehead atoms. The maximum Gasteiger partial charge on any atom is 0.358 e. The second kappa shape index (κ2) is 6.11. The monoisotopic (exact) mass is 364 g/mol. The molecule has 4 rings (SSSR count). The van der Waals surface area contributed by atoms with Gasteiger partial charge in [0.25, 0.3) is 5.56 Å². The summed E-state index contributed by atoms with van der Waals surface area (Å²) in [7, 11) is 2.89. The Morgan fingerprint density at radius 1 is 1.27 bits per heavy atom. The summed E-state index contributed by atoms with van der Waals surface area (Å²) in [6.45, 7) is 0.286. The molecule has 2 aliphatic heterocycles. The molecule has 1 aliphatic carbocycles. The van der Waals surface area contributed by atoms with Gasteiger partial charge in [0, 0.05) is 20.6 Å². The van der Waals surface area contributed by atoms with E-state index in [4.69, 9.17) is 0 Å². The lowest BCUT2D eigenvalue weighted by Crippen LogP contribution is -2.53. The van der Waals surface area contributed by atoms with Gasteiger partial charge >= 0.3 is 17.8 Å². The molecule has 0 radical (unpaired) electrons. The van der Waals surface area contributed by atoms with Crippen LogP contribution in [0.3, 0.4) is 0 Å². The average Bonchev–Trinajstić information content (AvgIpc) is 2.83.